The molecular formula is C8H13O3-. The molecule has 0 aromatic rings. The Hall–Kier alpha value is -0.860. The summed E-state index contributed by atoms with van der Waals surface area (Å²) in [6.07, 6.45) is 3.86. The van der Waals surface area contributed by atoms with Gasteiger partial charge < -0.3 is 9.90 Å². The molecule has 0 saturated heterocycles. The maximum absolute atomic E-state index is 10.4. The van der Waals surface area contributed by atoms with E-state index in [4.69, 9.17) is 0 Å². The van der Waals surface area contributed by atoms with Gasteiger partial charge in [0, 0.05) is 6.42 Å². The Morgan fingerprint density at radius 3 is 2.27 bits per heavy atom. The van der Waals surface area contributed by atoms with Crippen LogP contribution in [0.2, 0.25) is 0 Å². The molecule has 3 nitrogen and oxygen atoms in total. The summed E-state index contributed by atoms with van der Waals surface area (Å²) in [5.41, 5.74) is 0. The molecule has 0 aliphatic carbocycles. The van der Waals surface area contributed by atoms with E-state index >= 15 is 0 Å². The molecule has 11 heavy (non-hydrogen) atoms. The number of carboxylic acid groups (broad SMARTS) is 1. The lowest BCUT2D eigenvalue weighted by atomic mass is 10.1. The second kappa shape index (κ2) is 5.89. The molecule has 0 heterocycles. The van der Waals surface area contributed by atoms with Crippen LogP contribution in [-0.4, -0.2) is 11.8 Å². The third-order valence-electron chi connectivity index (χ3n) is 1.49. The van der Waals surface area contributed by atoms with Gasteiger partial charge in [-0.3, -0.25) is 4.79 Å². The van der Waals surface area contributed by atoms with E-state index < -0.39 is 11.8 Å². The number of hydrogen-bond donors (Lipinski definition) is 0. The molecule has 0 radical (unpaired) electrons. The van der Waals surface area contributed by atoms with E-state index in [-0.39, 0.29) is 6.42 Å². The highest BCUT2D eigenvalue weighted by atomic mass is 16.4. The average molecular weight is 157 g/mol. The SMILES string of the molecule is CCCCCCC(=O)C(=O)[O-]. The molecule has 0 bridgehead atoms. The van der Waals surface area contributed by atoms with Gasteiger partial charge in [0.2, 0.25) is 0 Å². The van der Waals surface area contributed by atoms with Crippen LogP contribution in [0.4, 0.5) is 0 Å². The fourth-order valence-corrected chi connectivity index (χ4v) is 0.814. The molecule has 0 aliphatic heterocycles. The van der Waals surface area contributed by atoms with E-state index in [0.29, 0.717) is 6.42 Å². The lowest BCUT2D eigenvalue weighted by Gasteiger charge is -1.99. The van der Waals surface area contributed by atoms with E-state index in [1.54, 1.807) is 0 Å². The van der Waals surface area contributed by atoms with Crippen LogP contribution in [0.3, 0.4) is 0 Å². The summed E-state index contributed by atoms with van der Waals surface area (Å²) in [7, 11) is 0. The second-order valence-corrected chi connectivity index (χ2v) is 2.52. The molecule has 0 unspecified atom stereocenters. The van der Waals surface area contributed by atoms with Crippen molar-refractivity contribution in [3.8, 4) is 0 Å². The number of ketones is 1. The Morgan fingerprint density at radius 2 is 1.82 bits per heavy atom. The molecule has 0 N–H and O–H groups in total. The zero-order valence-electron chi connectivity index (χ0n) is 6.76. The standard InChI is InChI=1S/C8H14O3/c1-2-3-4-5-6-7(9)8(10)11/h2-6H2,1H3,(H,10,11)/p-1. The van der Waals surface area contributed by atoms with Crippen molar-refractivity contribution >= 4 is 11.8 Å². The van der Waals surface area contributed by atoms with E-state index in [9.17, 15) is 14.7 Å². The zero-order chi connectivity index (χ0) is 8.69. The maximum Gasteiger partial charge on any atom is 0.178 e. The molecule has 0 aliphatic rings. The smallest absolute Gasteiger partial charge is 0.178 e. The van der Waals surface area contributed by atoms with Crippen molar-refractivity contribution in [1.29, 1.82) is 0 Å². The summed E-state index contributed by atoms with van der Waals surface area (Å²) in [6.45, 7) is 2.06. The molecule has 0 spiro atoms. The maximum atomic E-state index is 10.4. The molecule has 0 aromatic carbocycles. The third kappa shape index (κ3) is 5.58. The van der Waals surface area contributed by atoms with Crippen LogP contribution in [-0.2, 0) is 9.59 Å². The monoisotopic (exact) mass is 157 g/mol. The zero-order valence-corrected chi connectivity index (χ0v) is 6.76. The van der Waals surface area contributed by atoms with Crippen LogP contribution < -0.4 is 5.11 Å². The first-order chi connectivity index (χ1) is 5.18. The van der Waals surface area contributed by atoms with E-state index in [2.05, 4.69) is 6.92 Å². The highest BCUT2D eigenvalue weighted by molar-refractivity contribution is 6.31. The van der Waals surface area contributed by atoms with Gasteiger partial charge in [0.05, 0.1) is 0 Å². The summed E-state index contributed by atoms with van der Waals surface area (Å²) >= 11 is 0. The number of carboxylic acids is 1. The van der Waals surface area contributed by atoms with Crippen molar-refractivity contribution in [2.24, 2.45) is 0 Å². The quantitative estimate of drug-likeness (QED) is 0.411. The third-order valence-corrected chi connectivity index (χ3v) is 1.49. The van der Waals surface area contributed by atoms with Gasteiger partial charge in [-0.05, 0) is 6.42 Å². The van der Waals surface area contributed by atoms with Gasteiger partial charge in [-0.2, -0.15) is 0 Å². The van der Waals surface area contributed by atoms with Crippen molar-refractivity contribution in [2.45, 2.75) is 39.0 Å². The van der Waals surface area contributed by atoms with Gasteiger partial charge in [0.25, 0.3) is 0 Å². The Kier molecular flexibility index (Phi) is 5.43. The van der Waals surface area contributed by atoms with Gasteiger partial charge in [-0.15, -0.1) is 0 Å². The summed E-state index contributed by atoms with van der Waals surface area (Å²) in [6, 6.07) is 0. The molecule has 0 fully saturated rings. The number of rotatable bonds is 6. The van der Waals surface area contributed by atoms with Crippen molar-refractivity contribution in [3.05, 3.63) is 0 Å². The summed E-state index contributed by atoms with van der Waals surface area (Å²) < 4.78 is 0. The molecular weight excluding hydrogens is 144 g/mol. The number of unbranched alkanes of at least 4 members (excludes halogenated alkanes) is 3. The molecule has 3 heteroatoms. The highest BCUT2D eigenvalue weighted by Crippen LogP contribution is 2.02. The van der Waals surface area contributed by atoms with Crippen LogP contribution in [0.5, 0.6) is 0 Å². The number of aliphatic carboxylic acids is 1. The Morgan fingerprint density at radius 1 is 1.18 bits per heavy atom. The lowest BCUT2D eigenvalue weighted by Crippen LogP contribution is -2.31. The summed E-state index contributed by atoms with van der Waals surface area (Å²) in [4.78, 5) is 20.3. The van der Waals surface area contributed by atoms with Crippen molar-refractivity contribution in [3.63, 3.8) is 0 Å². The van der Waals surface area contributed by atoms with Gasteiger partial charge in [-0.25, -0.2) is 0 Å². The van der Waals surface area contributed by atoms with Gasteiger partial charge in [0.1, 0.15) is 5.97 Å². The largest absolute Gasteiger partial charge is 0.542 e. The lowest BCUT2D eigenvalue weighted by molar-refractivity contribution is -0.300. The normalized spacial score (nSPS) is 9.55. The Balaban J connectivity index is 3.25. The molecule has 0 aromatic heterocycles. The highest BCUT2D eigenvalue weighted by Gasteiger charge is 2.00. The first kappa shape index (κ1) is 10.1. The fourth-order valence-electron chi connectivity index (χ4n) is 0.814. The first-order valence-corrected chi connectivity index (χ1v) is 3.92. The summed E-state index contributed by atoms with van der Waals surface area (Å²) in [5.74, 6) is -2.33. The molecule has 0 amide bonds. The van der Waals surface area contributed by atoms with Crippen LogP contribution >= 0.6 is 0 Å². The van der Waals surface area contributed by atoms with Crippen molar-refractivity contribution in [1.82, 2.24) is 0 Å². The topological polar surface area (TPSA) is 57.2 Å². The van der Waals surface area contributed by atoms with E-state index in [1.807, 2.05) is 0 Å². The minimum absolute atomic E-state index is 0.127. The van der Waals surface area contributed by atoms with E-state index in [0.717, 1.165) is 19.3 Å². The van der Waals surface area contributed by atoms with Crippen LogP contribution in [0.1, 0.15) is 39.0 Å². The molecule has 0 saturated carbocycles. The first-order valence-electron chi connectivity index (χ1n) is 3.92. The van der Waals surface area contributed by atoms with Crippen LogP contribution in [0.25, 0.3) is 0 Å². The molecule has 0 rings (SSSR count). The number of carbonyl (C=O) groups is 2. The second-order valence-electron chi connectivity index (χ2n) is 2.52. The van der Waals surface area contributed by atoms with Gasteiger partial charge in [0.15, 0.2) is 5.78 Å². The van der Waals surface area contributed by atoms with Gasteiger partial charge >= 0.3 is 0 Å². The predicted octanol–water partition coefficient (Wildman–Crippen LogP) is 0.276. The Labute approximate surface area is 66.4 Å². The minimum atomic E-state index is -1.55. The van der Waals surface area contributed by atoms with Gasteiger partial charge in [-0.1, -0.05) is 26.2 Å². The Bertz CT molecular complexity index is 140. The van der Waals surface area contributed by atoms with Crippen molar-refractivity contribution < 1.29 is 14.7 Å². The van der Waals surface area contributed by atoms with Crippen LogP contribution in [0, 0.1) is 0 Å². The minimum Gasteiger partial charge on any atom is -0.542 e. The number of hydrogen-bond acceptors (Lipinski definition) is 3. The van der Waals surface area contributed by atoms with Crippen LogP contribution in [0.15, 0.2) is 0 Å². The predicted molar refractivity (Wildman–Crippen MR) is 38.8 cm³/mol. The number of carbonyl (C=O) groups excluding carboxylic acids is 2. The molecule has 0 atom stereocenters. The average Bonchev–Trinajstić information content (AvgIpc) is 1.97. The van der Waals surface area contributed by atoms with Crippen molar-refractivity contribution in [2.75, 3.05) is 0 Å². The fraction of sp³-hybridized carbons (Fsp3) is 0.750. The molecule has 64 valence electrons. The summed E-state index contributed by atoms with van der Waals surface area (Å²) in [5, 5.41) is 9.90. The van der Waals surface area contributed by atoms with E-state index in [1.165, 1.54) is 0 Å². The number of Topliss-reactive ketones (excluding diaryl/α,β-unsaturated/α-hetero) is 1.